The van der Waals surface area contributed by atoms with Crippen LogP contribution in [0.3, 0.4) is 0 Å². The Hall–Kier alpha value is -2.43. The number of esters is 1. The van der Waals surface area contributed by atoms with Crippen LogP contribution in [0.1, 0.15) is 43.5 Å². The van der Waals surface area contributed by atoms with E-state index in [9.17, 15) is 14.4 Å². The van der Waals surface area contributed by atoms with Crippen LogP contribution in [0.4, 0.5) is 5.69 Å². The molecule has 0 saturated carbocycles. The average Bonchev–Trinajstić information content (AvgIpc) is 2.55. The molecule has 0 bridgehead atoms. The molecule has 0 aromatic heterocycles. The quantitative estimate of drug-likeness (QED) is 0.515. The van der Waals surface area contributed by atoms with E-state index in [1.54, 1.807) is 24.3 Å². The van der Waals surface area contributed by atoms with Gasteiger partial charge in [-0.3, -0.25) is 14.4 Å². The Morgan fingerprint density at radius 2 is 1.96 bits per heavy atom. The van der Waals surface area contributed by atoms with Crippen LogP contribution in [0.5, 0.6) is 0 Å². The molecule has 0 saturated heterocycles. The van der Waals surface area contributed by atoms with Crippen molar-refractivity contribution in [3.8, 4) is 0 Å². The third kappa shape index (κ3) is 4.52. The van der Waals surface area contributed by atoms with Crippen molar-refractivity contribution < 1.29 is 19.1 Å². The molecule has 0 fully saturated rings. The smallest absolute Gasteiger partial charge is 0.310 e. The lowest BCUT2D eigenvalue weighted by atomic mass is 9.95. The van der Waals surface area contributed by atoms with Crippen LogP contribution < -0.4 is 5.32 Å². The molecule has 0 aliphatic heterocycles. The number of carbonyl (C=O) groups excluding carboxylic acids is 3. The second-order valence-corrected chi connectivity index (χ2v) is 5.65. The molecule has 5 nitrogen and oxygen atoms in total. The molecular weight excluding hydrogens is 294 g/mol. The molecule has 1 amide bonds. The molecule has 0 spiro atoms. The minimum Gasteiger partial charge on any atom is -0.452 e. The molecule has 1 N–H and O–H groups in total. The maximum atomic E-state index is 12.2. The summed E-state index contributed by atoms with van der Waals surface area (Å²) < 4.78 is 5.25. The zero-order chi connectivity index (χ0) is 16.8. The van der Waals surface area contributed by atoms with Gasteiger partial charge in [-0.25, -0.2) is 0 Å². The third-order valence-electron chi connectivity index (χ3n) is 3.83. The molecule has 5 heteroatoms. The van der Waals surface area contributed by atoms with Crippen LogP contribution in [0, 0.1) is 5.92 Å². The van der Waals surface area contributed by atoms with Crippen molar-refractivity contribution in [2.24, 2.45) is 5.92 Å². The van der Waals surface area contributed by atoms with Crippen LogP contribution in [0.25, 0.3) is 0 Å². The average molecular weight is 315 g/mol. The summed E-state index contributed by atoms with van der Waals surface area (Å²) in [5, 5.41) is 2.65. The number of anilines is 1. The molecule has 23 heavy (non-hydrogen) atoms. The van der Waals surface area contributed by atoms with Gasteiger partial charge >= 0.3 is 5.97 Å². The number of ketones is 1. The minimum absolute atomic E-state index is 0.139. The SMILES string of the molecule is CC(=O)c1ccccc1NC(=O)[C@@H](C)OC(=O)[C@H]1CC=CCC1. The number of amides is 1. The van der Waals surface area contributed by atoms with Crippen molar-refractivity contribution in [2.75, 3.05) is 5.32 Å². The molecule has 0 radical (unpaired) electrons. The summed E-state index contributed by atoms with van der Waals surface area (Å²) >= 11 is 0. The Bertz CT molecular complexity index is 636. The lowest BCUT2D eigenvalue weighted by molar-refractivity contribution is -0.157. The summed E-state index contributed by atoms with van der Waals surface area (Å²) in [7, 11) is 0. The Labute approximate surface area is 135 Å². The van der Waals surface area contributed by atoms with Gasteiger partial charge < -0.3 is 10.1 Å². The molecule has 1 aromatic carbocycles. The number of nitrogens with one attached hydrogen (secondary N) is 1. The van der Waals surface area contributed by atoms with Gasteiger partial charge in [0.15, 0.2) is 11.9 Å². The maximum Gasteiger partial charge on any atom is 0.310 e. The van der Waals surface area contributed by atoms with Gasteiger partial charge in [-0.05, 0) is 45.2 Å². The van der Waals surface area contributed by atoms with Crippen LogP contribution in [-0.2, 0) is 14.3 Å². The Kier molecular flexibility index (Phi) is 5.68. The number of allylic oxidation sites excluding steroid dienone is 2. The standard InChI is InChI=1S/C18H21NO4/c1-12(20)15-10-6-7-11-16(15)19-17(21)13(2)23-18(22)14-8-4-3-5-9-14/h3-4,6-7,10-11,13-14H,5,8-9H2,1-2H3,(H,19,21)/t13-,14+/m1/s1. The summed E-state index contributed by atoms with van der Waals surface area (Å²) in [6.45, 7) is 2.97. The molecule has 2 atom stereocenters. The fourth-order valence-electron chi connectivity index (χ4n) is 2.47. The number of para-hydroxylation sites is 1. The van der Waals surface area contributed by atoms with Crippen molar-refractivity contribution in [1.82, 2.24) is 0 Å². The molecule has 1 aliphatic rings. The second-order valence-electron chi connectivity index (χ2n) is 5.65. The summed E-state index contributed by atoms with van der Waals surface area (Å²) in [4.78, 5) is 35.8. The summed E-state index contributed by atoms with van der Waals surface area (Å²) in [6, 6.07) is 6.75. The number of benzene rings is 1. The first-order chi connectivity index (χ1) is 11.0. The summed E-state index contributed by atoms with van der Waals surface area (Å²) in [6.07, 6.45) is 5.35. The monoisotopic (exact) mass is 315 g/mol. The van der Waals surface area contributed by atoms with E-state index in [-0.39, 0.29) is 17.7 Å². The van der Waals surface area contributed by atoms with Gasteiger partial charge in [0, 0.05) is 5.56 Å². The van der Waals surface area contributed by atoms with Gasteiger partial charge in [-0.15, -0.1) is 0 Å². The molecule has 1 aliphatic carbocycles. The van der Waals surface area contributed by atoms with Gasteiger partial charge in [0.1, 0.15) is 0 Å². The molecule has 1 aromatic rings. The van der Waals surface area contributed by atoms with Crippen molar-refractivity contribution in [3.63, 3.8) is 0 Å². The van der Waals surface area contributed by atoms with Gasteiger partial charge in [0.2, 0.25) is 0 Å². The second kappa shape index (κ2) is 7.72. The van der Waals surface area contributed by atoms with Crippen molar-refractivity contribution in [2.45, 2.75) is 39.2 Å². The van der Waals surface area contributed by atoms with E-state index in [1.165, 1.54) is 13.8 Å². The lowest BCUT2D eigenvalue weighted by Crippen LogP contribution is -2.33. The summed E-state index contributed by atoms with van der Waals surface area (Å²) in [5.41, 5.74) is 0.852. The van der Waals surface area contributed by atoms with Crippen LogP contribution in [0.15, 0.2) is 36.4 Å². The number of rotatable bonds is 5. The van der Waals surface area contributed by atoms with Crippen molar-refractivity contribution >= 4 is 23.3 Å². The van der Waals surface area contributed by atoms with Crippen LogP contribution >= 0.6 is 0 Å². The zero-order valence-electron chi connectivity index (χ0n) is 13.4. The maximum absolute atomic E-state index is 12.2. The Morgan fingerprint density at radius 3 is 2.61 bits per heavy atom. The molecule has 2 rings (SSSR count). The summed E-state index contributed by atoms with van der Waals surface area (Å²) in [5.74, 6) is -1.12. The van der Waals surface area contributed by atoms with Gasteiger partial charge in [-0.1, -0.05) is 24.3 Å². The fraction of sp³-hybridized carbons (Fsp3) is 0.389. The number of ether oxygens (including phenoxy) is 1. The number of carbonyl (C=O) groups is 3. The molecule has 0 unspecified atom stereocenters. The zero-order valence-corrected chi connectivity index (χ0v) is 13.4. The predicted molar refractivity (Wildman–Crippen MR) is 87.1 cm³/mol. The highest BCUT2D eigenvalue weighted by atomic mass is 16.5. The van der Waals surface area contributed by atoms with E-state index >= 15 is 0 Å². The van der Waals surface area contributed by atoms with E-state index in [4.69, 9.17) is 4.74 Å². The number of Topliss-reactive ketones (excluding diaryl/α,β-unsaturated/α-hetero) is 1. The van der Waals surface area contributed by atoms with Crippen LogP contribution in [-0.4, -0.2) is 23.8 Å². The molecule has 122 valence electrons. The predicted octanol–water partition coefficient (Wildman–Crippen LogP) is 3.12. The van der Waals surface area contributed by atoms with Crippen molar-refractivity contribution in [1.29, 1.82) is 0 Å². The van der Waals surface area contributed by atoms with Gasteiger partial charge in [0.05, 0.1) is 11.6 Å². The lowest BCUT2D eigenvalue weighted by Gasteiger charge is -2.20. The largest absolute Gasteiger partial charge is 0.452 e. The van der Waals surface area contributed by atoms with Crippen LogP contribution in [0.2, 0.25) is 0 Å². The molecule has 0 heterocycles. The van der Waals surface area contributed by atoms with E-state index in [1.807, 2.05) is 12.2 Å². The number of hydrogen-bond donors (Lipinski definition) is 1. The Morgan fingerprint density at radius 1 is 1.22 bits per heavy atom. The third-order valence-corrected chi connectivity index (χ3v) is 3.83. The highest BCUT2D eigenvalue weighted by Crippen LogP contribution is 2.21. The van der Waals surface area contributed by atoms with Gasteiger partial charge in [0.25, 0.3) is 5.91 Å². The molecular formula is C18H21NO4. The van der Waals surface area contributed by atoms with E-state index < -0.39 is 12.0 Å². The first-order valence-electron chi connectivity index (χ1n) is 7.75. The first kappa shape index (κ1) is 16.9. The van der Waals surface area contributed by atoms with E-state index in [2.05, 4.69) is 5.32 Å². The highest BCUT2D eigenvalue weighted by molar-refractivity contribution is 6.04. The first-order valence-corrected chi connectivity index (χ1v) is 7.75. The fourth-order valence-corrected chi connectivity index (χ4v) is 2.47. The van der Waals surface area contributed by atoms with Gasteiger partial charge in [-0.2, -0.15) is 0 Å². The van der Waals surface area contributed by atoms with E-state index in [0.717, 1.165) is 12.8 Å². The van der Waals surface area contributed by atoms with Crippen molar-refractivity contribution in [3.05, 3.63) is 42.0 Å². The minimum atomic E-state index is -0.909. The number of hydrogen-bond acceptors (Lipinski definition) is 4. The Balaban J connectivity index is 1.96. The topological polar surface area (TPSA) is 72.5 Å². The van der Waals surface area contributed by atoms with E-state index in [0.29, 0.717) is 17.7 Å². The normalized spacial score (nSPS) is 18.1. The highest BCUT2D eigenvalue weighted by Gasteiger charge is 2.25.